The van der Waals surface area contributed by atoms with Crippen molar-refractivity contribution in [3.8, 4) is 0 Å². The van der Waals surface area contributed by atoms with Crippen LogP contribution >= 0.6 is 0 Å². The number of rotatable bonds is 7. The fraction of sp³-hybridized carbons (Fsp3) is 0.600. The van der Waals surface area contributed by atoms with Gasteiger partial charge in [-0.1, -0.05) is 33.6 Å². The fourth-order valence-electron chi connectivity index (χ4n) is 2.46. The molecule has 21 heavy (non-hydrogen) atoms. The van der Waals surface area contributed by atoms with E-state index in [0.29, 0.717) is 25.8 Å². The molecule has 0 fully saturated rings. The summed E-state index contributed by atoms with van der Waals surface area (Å²) in [6.07, 6.45) is 1.82. The second-order valence-corrected chi connectivity index (χ2v) is 4.99. The Kier molecular flexibility index (Phi) is 6.58. The van der Waals surface area contributed by atoms with Crippen LogP contribution in [0.25, 0.3) is 0 Å². The van der Waals surface area contributed by atoms with E-state index in [1.807, 2.05) is 20.8 Å². The molecule has 0 bridgehead atoms. The summed E-state index contributed by atoms with van der Waals surface area (Å²) in [7, 11) is 0. The Morgan fingerprint density at radius 1 is 0.762 bits per heavy atom. The van der Waals surface area contributed by atoms with Gasteiger partial charge in [0, 0.05) is 11.6 Å². The van der Waals surface area contributed by atoms with Gasteiger partial charge < -0.3 is 5.32 Å². The minimum Gasteiger partial charge on any atom is -0.310 e. The Labute approximate surface area is 121 Å². The Morgan fingerprint density at radius 2 is 1.19 bits per heavy atom. The monoisotopic (exact) mass is 309 g/mol. The van der Waals surface area contributed by atoms with Crippen molar-refractivity contribution >= 4 is 0 Å². The van der Waals surface area contributed by atoms with E-state index in [0.717, 1.165) is 0 Å². The van der Waals surface area contributed by atoms with Crippen molar-refractivity contribution in [3.05, 3.63) is 34.6 Å². The van der Waals surface area contributed by atoms with Gasteiger partial charge >= 0.3 is 0 Å². The molecule has 120 valence electrons. The van der Waals surface area contributed by atoms with Crippen LogP contribution in [0, 0.1) is 35.0 Å². The molecule has 1 rings (SSSR count). The van der Waals surface area contributed by atoms with Crippen LogP contribution in [0.5, 0.6) is 0 Å². The van der Waals surface area contributed by atoms with Crippen molar-refractivity contribution in [2.24, 2.45) is 5.92 Å². The minimum atomic E-state index is -2.12. The van der Waals surface area contributed by atoms with Crippen LogP contribution in [0.4, 0.5) is 22.0 Å². The van der Waals surface area contributed by atoms with Crippen LogP contribution in [0.15, 0.2) is 0 Å². The molecule has 1 aromatic rings. The van der Waals surface area contributed by atoms with Gasteiger partial charge in [-0.2, -0.15) is 0 Å². The SMILES string of the molecule is CCCNC(c1c(F)c(F)c(F)c(F)c1F)C(CC)CC. The molecule has 0 aliphatic rings. The van der Waals surface area contributed by atoms with E-state index in [9.17, 15) is 22.0 Å². The third-order valence-electron chi connectivity index (χ3n) is 3.69. The Hall–Kier alpha value is -1.17. The molecule has 0 saturated carbocycles. The lowest BCUT2D eigenvalue weighted by Gasteiger charge is -2.28. The molecular formula is C15H20F5N. The lowest BCUT2D eigenvalue weighted by atomic mass is 9.87. The summed E-state index contributed by atoms with van der Waals surface area (Å²) in [5.41, 5.74) is -0.756. The highest BCUT2D eigenvalue weighted by Crippen LogP contribution is 2.34. The van der Waals surface area contributed by atoms with E-state index in [1.165, 1.54) is 0 Å². The third kappa shape index (κ3) is 3.54. The fourth-order valence-corrected chi connectivity index (χ4v) is 2.46. The zero-order chi connectivity index (χ0) is 16.2. The summed E-state index contributed by atoms with van der Waals surface area (Å²) in [6, 6.07) is -0.899. The molecule has 1 nitrogen and oxygen atoms in total. The number of hydrogen-bond donors (Lipinski definition) is 1. The van der Waals surface area contributed by atoms with Gasteiger partial charge in [0.1, 0.15) is 0 Å². The number of halogens is 5. The first-order valence-electron chi connectivity index (χ1n) is 7.15. The normalized spacial score (nSPS) is 13.0. The molecule has 0 heterocycles. The van der Waals surface area contributed by atoms with Gasteiger partial charge in [-0.05, 0) is 18.9 Å². The van der Waals surface area contributed by atoms with Crippen molar-refractivity contribution in [3.63, 3.8) is 0 Å². The number of benzene rings is 1. The molecule has 0 radical (unpaired) electrons. The molecule has 0 aliphatic heterocycles. The maximum atomic E-state index is 14.0. The molecule has 6 heteroatoms. The van der Waals surface area contributed by atoms with Crippen molar-refractivity contribution in [1.82, 2.24) is 5.32 Å². The first-order chi connectivity index (χ1) is 9.90. The Bertz CT molecular complexity index is 456. The summed E-state index contributed by atoms with van der Waals surface area (Å²) < 4.78 is 67.8. The first-order valence-corrected chi connectivity index (χ1v) is 7.15. The predicted molar refractivity (Wildman–Crippen MR) is 71.3 cm³/mol. The smallest absolute Gasteiger partial charge is 0.200 e. The van der Waals surface area contributed by atoms with Crippen molar-refractivity contribution < 1.29 is 22.0 Å². The Morgan fingerprint density at radius 3 is 1.57 bits per heavy atom. The summed E-state index contributed by atoms with van der Waals surface area (Å²) in [5.74, 6) is -9.60. The molecule has 1 atom stereocenters. The molecule has 0 saturated heterocycles. The Balaban J connectivity index is 3.43. The maximum Gasteiger partial charge on any atom is 0.200 e. The summed E-state index contributed by atoms with van der Waals surface area (Å²) in [6.45, 7) is 5.93. The second-order valence-electron chi connectivity index (χ2n) is 4.99. The van der Waals surface area contributed by atoms with Gasteiger partial charge in [0.25, 0.3) is 0 Å². The first kappa shape index (κ1) is 17.9. The number of nitrogens with one attached hydrogen (secondary N) is 1. The van der Waals surface area contributed by atoms with E-state index in [1.54, 1.807) is 0 Å². The van der Waals surface area contributed by atoms with Gasteiger partial charge in [0.15, 0.2) is 23.3 Å². The van der Waals surface area contributed by atoms with E-state index in [4.69, 9.17) is 0 Å². The van der Waals surface area contributed by atoms with Crippen LogP contribution in [0.1, 0.15) is 51.6 Å². The van der Waals surface area contributed by atoms with E-state index >= 15 is 0 Å². The lowest BCUT2D eigenvalue weighted by Crippen LogP contribution is -2.31. The molecular weight excluding hydrogens is 289 g/mol. The molecule has 0 aromatic heterocycles. The average molecular weight is 309 g/mol. The van der Waals surface area contributed by atoms with E-state index in [-0.39, 0.29) is 5.92 Å². The molecule has 1 aromatic carbocycles. The number of hydrogen-bond acceptors (Lipinski definition) is 1. The summed E-state index contributed by atoms with van der Waals surface area (Å²) in [4.78, 5) is 0. The van der Waals surface area contributed by atoms with E-state index in [2.05, 4.69) is 5.32 Å². The molecule has 0 spiro atoms. The van der Waals surface area contributed by atoms with Gasteiger partial charge in [-0.3, -0.25) is 0 Å². The van der Waals surface area contributed by atoms with Gasteiger partial charge in [0.2, 0.25) is 5.82 Å². The van der Waals surface area contributed by atoms with Crippen LogP contribution < -0.4 is 5.32 Å². The minimum absolute atomic E-state index is 0.218. The molecule has 0 amide bonds. The standard InChI is InChI=1S/C15H20F5N/c1-4-7-21-15(8(5-2)6-3)9-10(16)12(18)14(20)13(19)11(9)17/h8,15,21H,4-7H2,1-3H3. The molecule has 0 aliphatic carbocycles. The maximum absolute atomic E-state index is 14.0. The summed E-state index contributed by atoms with van der Waals surface area (Å²) >= 11 is 0. The highest BCUT2D eigenvalue weighted by atomic mass is 19.2. The van der Waals surface area contributed by atoms with Crippen LogP contribution in [-0.2, 0) is 0 Å². The van der Waals surface area contributed by atoms with Crippen LogP contribution in [0.3, 0.4) is 0 Å². The van der Waals surface area contributed by atoms with E-state index < -0.39 is 40.7 Å². The highest BCUT2D eigenvalue weighted by molar-refractivity contribution is 5.27. The zero-order valence-electron chi connectivity index (χ0n) is 12.4. The molecule has 1 N–H and O–H groups in total. The van der Waals surface area contributed by atoms with Gasteiger partial charge in [-0.15, -0.1) is 0 Å². The van der Waals surface area contributed by atoms with Crippen molar-refractivity contribution in [2.45, 2.75) is 46.1 Å². The predicted octanol–water partition coefficient (Wildman–Crippen LogP) is 4.86. The van der Waals surface area contributed by atoms with Crippen molar-refractivity contribution in [2.75, 3.05) is 6.54 Å². The topological polar surface area (TPSA) is 12.0 Å². The largest absolute Gasteiger partial charge is 0.310 e. The van der Waals surface area contributed by atoms with Crippen LogP contribution in [-0.4, -0.2) is 6.54 Å². The van der Waals surface area contributed by atoms with Gasteiger partial charge in [-0.25, -0.2) is 22.0 Å². The van der Waals surface area contributed by atoms with Gasteiger partial charge in [0.05, 0.1) is 0 Å². The summed E-state index contributed by atoms with van der Waals surface area (Å²) in [5, 5.41) is 2.91. The third-order valence-corrected chi connectivity index (χ3v) is 3.69. The van der Waals surface area contributed by atoms with Crippen LogP contribution in [0.2, 0.25) is 0 Å². The molecule has 1 unspecified atom stereocenters. The average Bonchev–Trinajstić information content (AvgIpc) is 2.49. The lowest BCUT2D eigenvalue weighted by molar-refractivity contribution is 0.301. The highest BCUT2D eigenvalue weighted by Gasteiger charge is 2.32. The second kappa shape index (κ2) is 7.73. The quantitative estimate of drug-likeness (QED) is 0.431. The zero-order valence-corrected chi connectivity index (χ0v) is 12.4. The van der Waals surface area contributed by atoms with Crippen molar-refractivity contribution in [1.29, 1.82) is 0 Å².